The van der Waals surface area contributed by atoms with Crippen molar-refractivity contribution in [1.82, 2.24) is 5.32 Å². The van der Waals surface area contributed by atoms with Crippen molar-refractivity contribution in [2.75, 3.05) is 12.8 Å². The van der Waals surface area contributed by atoms with Gasteiger partial charge in [-0.15, -0.1) is 11.8 Å². The predicted octanol–water partition coefficient (Wildman–Crippen LogP) is 2.17. The van der Waals surface area contributed by atoms with E-state index in [9.17, 15) is 0 Å². The highest BCUT2D eigenvalue weighted by Gasteiger charge is 1.94. The molecule has 0 aromatic rings. The van der Waals surface area contributed by atoms with Crippen LogP contribution in [0, 0.1) is 0 Å². The summed E-state index contributed by atoms with van der Waals surface area (Å²) in [5.41, 5.74) is 5.61. The van der Waals surface area contributed by atoms with E-state index in [2.05, 4.69) is 10.7 Å². The van der Waals surface area contributed by atoms with Gasteiger partial charge in [0, 0.05) is 5.75 Å². The molecule has 0 rings (SSSR count). The zero-order valence-corrected chi connectivity index (χ0v) is 9.45. The minimum Gasteiger partial charge on any atom is -0.316 e. The average molecular weight is 190 g/mol. The van der Waals surface area contributed by atoms with Gasteiger partial charge in [0.05, 0.1) is 6.17 Å². The summed E-state index contributed by atoms with van der Waals surface area (Å²) in [7, 11) is 1.88. The van der Waals surface area contributed by atoms with Crippen molar-refractivity contribution >= 4 is 11.8 Å². The number of rotatable bonds is 5. The Balaban J connectivity index is 0. The number of hydrogen-bond acceptors (Lipinski definition) is 3. The van der Waals surface area contributed by atoms with Gasteiger partial charge in [0.2, 0.25) is 0 Å². The highest BCUT2D eigenvalue weighted by Crippen LogP contribution is 2.03. The van der Waals surface area contributed by atoms with E-state index in [1.54, 1.807) is 11.8 Å². The van der Waals surface area contributed by atoms with E-state index in [-0.39, 0.29) is 6.17 Å². The van der Waals surface area contributed by atoms with Crippen LogP contribution in [0.4, 0.5) is 0 Å². The maximum Gasteiger partial charge on any atom is 0.0551 e. The first-order valence-corrected chi connectivity index (χ1v) is 5.51. The van der Waals surface area contributed by atoms with Crippen molar-refractivity contribution in [2.45, 2.75) is 33.4 Å². The van der Waals surface area contributed by atoms with Crippen LogP contribution in [0.15, 0.2) is 11.5 Å². The average Bonchev–Trinajstić information content (AvgIpc) is 2.15. The van der Waals surface area contributed by atoms with E-state index >= 15 is 0 Å². The van der Waals surface area contributed by atoms with Crippen LogP contribution < -0.4 is 11.1 Å². The van der Waals surface area contributed by atoms with Gasteiger partial charge in [-0.25, -0.2) is 0 Å². The molecule has 0 bridgehead atoms. The van der Waals surface area contributed by atoms with Crippen LogP contribution in [0.2, 0.25) is 0 Å². The summed E-state index contributed by atoms with van der Waals surface area (Å²) in [5.74, 6) is 1.09. The fourth-order valence-corrected chi connectivity index (χ4v) is 1.22. The lowest BCUT2D eigenvalue weighted by Gasteiger charge is -2.07. The third-order valence-corrected chi connectivity index (χ3v) is 2.09. The first kappa shape index (κ1) is 14.5. The molecule has 0 fully saturated rings. The summed E-state index contributed by atoms with van der Waals surface area (Å²) in [6, 6.07) is 0. The summed E-state index contributed by atoms with van der Waals surface area (Å²) >= 11 is 1.80. The minimum absolute atomic E-state index is 0.151. The Morgan fingerprint density at radius 3 is 2.50 bits per heavy atom. The van der Waals surface area contributed by atoms with Crippen LogP contribution in [0.1, 0.15) is 27.2 Å². The van der Waals surface area contributed by atoms with Crippen molar-refractivity contribution in [3.63, 3.8) is 0 Å². The Morgan fingerprint density at radius 1 is 1.50 bits per heavy atom. The fourth-order valence-electron chi connectivity index (χ4n) is 0.504. The molecule has 2 nitrogen and oxygen atoms in total. The normalized spacial score (nSPS) is 12.4. The second-order valence-corrected chi connectivity index (χ2v) is 3.04. The second-order valence-electron chi connectivity index (χ2n) is 2.02. The molecule has 3 heteroatoms. The smallest absolute Gasteiger partial charge is 0.0551 e. The van der Waals surface area contributed by atoms with Crippen LogP contribution in [0.3, 0.4) is 0 Å². The largest absolute Gasteiger partial charge is 0.316 e. The van der Waals surface area contributed by atoms with E-state index in [1.807, 2.05) is 33.9 Å². The molecule has 0 heterocycles. The van der Waals surface area contributed by atoms with Crippen molar-refractivity contribution < 1.29 is 0 Å². The van der Waals surface area contributed by atoms with E-state index < -0.39 is 0 Å². The molecule has 0 aliphatic carbocycles. The van der Waals surface area contributed by atoms with Gasteiger partial charge in [-0.05, 0) is 25.8 Å². The first-order chi connectivity index (χ1) is 5.81. The molecule has 0 aromatic heterocycles. The van der Waals surface area contributed by atoms with Crippen LogP contribution in [-0.2, 0) is 0 Å². The van der Waals surface area contributed by atoms with Crippen molar-refractivity contribution in [3.8, 4) is 0 Å². The van der Waals surface area contributed by atoms with Gasteiger partial charge >= 0.3 is 0 Å². The Bertz CT molecular complexity index is 94.5. The molecule has 0 saturated heterocycles. The van der Waals surface area contributed by atoms with Gasteiger partial charge in [-0.2, -0.15) is 0 Å². The summed E-state index contributed by atoms with van der Waals surface area (Å²) in [6.07, 6.45) is 3.21. The molecule has 0 saturated carbocycles. The zero-order chi connectivity index (χ0) is 9.82. The minimum atomic E-state index is 0.151. The molecule has 0 amide bonds. The molecule has 12 heavy (non-hydrogen) atoms. The molecular formula is C9H22N2S. The quantitative estimate of drug-likeness (QED) is 0.515. The maximum absolute atomic E-state index is 5.61. The van der Waals surface area contributed by atoms with Crippen LogP contribution in [0.25, 0.3) is 0 Å². The lowest BCUT2D eigenvalue weighted by Crippen LogP contribution is -2.34. The molecule has 0 aromatic carbocycles. The van der Waals surface area contributed by atoms with Crippen molar-refractivity contribution in [2.24, 2.45) is 5.73 Å². The molecular weight excluding hydrogens is 168 g/mol. The highest BCUT2D eigenvalue weighted by atomic mass is 32.2. The van der Waals surface area contributed by atoms with Crippen LogP contribution >= 0.6 is 11.8 Å². The summed E-state index contributed by atoms with van der Waals surface area (Å²) < 4.78 is 0. The summed E-state index contributed by atoms with van der Waals surface area (Å²) in [5, 5.41) is 5.07. The van der Waals surface area contributed by atoms with Crippen molar-refractivity contribution in [1.29, 1.82) is 0 Å². The number of nitrogens with one attached hydrogen (secondary N) is 1. The van der Waals surface area contributed by atoms with E-state index in [4.69, 9.17) is 5.73 Å². The lowest BCUT2D eigenvalue weighted by molar-refractivity contribution is 0.572. The van der Waals surface area contributed by atoms with Gasteiger partial charge in [0.25, 0.3) is 0 Å². The molecule has 0 radical (unpaired) electrons. The predicted molar refractivity (Wildman–Crippen MR) is 60.3 cm³/mol. The molecule has 0 aliphatic heterocycles. The SMILES string of the molecule is C/C=C\SCCC(N)NC.CC. The third kappa shape index (κ3) is 12.7. The monoisotopic (exact) mass is 190 g/mol. The Hall–Kier alpha value is 0.01000. The van der Waals surface area contributed by atoms with Crippen LogP contribution in [-0.4, -0.2) is 19.0 Å². The second kappa shape index (κ2) is 13.6. The van der Waals surface area contributed by atoms with Gasteiger partial charge in [0.15, 0.2) is 0 Å². The molecule has 1 atom stereocenters. The van der Waals surface area contributed by atoms with Gasteiger partial charge < -0.3 is 11.1 Å². The molecule has 74 valence electrons. The van der Waals surface area contributed by atoms with E-state index in [0.717, 1.165) is 12.2 Å². The van der Waals surface area contributed by atoms with Gasteiger partial charge in [-0.3, -0.25) is 0 Å². The number of thioether (sulfide) groups is 1. The zero-order valence-electron chi connectivity index (χ0n) is 8.63. The van der Waals surface area contributed by atoms with E-state index in [0.29, 0.717) is 0 Å². The molecule has 3 N–H and O–H groups in total. The highest BCUT2D eigenvalue weighted by molar-refractivity contribution is 8.02. The topological polar surface area (TPSA) is 38.0 Å². The Labute approximate surface area is 81.0 Å². The van der Waals surface area contributed by atoms with E-state index in [1.165, 1.54) is 0 Å². The molecule has 1 unspecified atom stereocenters. The molecule has 0 spiro atoms. The standard InChI is InChI=1S/C7H16N2S.C2H6/c1-3-5-10-6-4-7(8)9-2;1-2/h3,5,7,9H,4,6,8H2,1-2H3;1-2H3/b5-3-;. The number of nitrogens with two attached hydrogens (primary N) is 1. The summed E-state index contributed by atoms with van der Waals surface area (Å²) in [6.45, 7) is 6.02. The maximum atomic E-state index is 5.61. The van der Waals surface area contributed by atoms with Gasteiger partial charge in [-0.1, -0.05) is 19.9 Å². The third-order valence-electron chi connectivity index (χ3n) is 1.15. The number of hydrogen-bond donors (Lipinski definition) is 2. The summed E-state index contributed by atoms with van der Waals surface area (Å²) in [4.78, 5) is 0. The fraction of sp³-hybridized carbons (Fsp3) is 0.778. The Morgan fingerprint density at radius 2 is 2.08 bits per heavy atom. The lowest BCUT2D eigenvalue weighted by atomic mass is 10.4. The van der Waals surface area contributed by atoms with Gasteiger partial charge in [0.1, 0.15) is 0 Å². The van der Waals surface area contributed by atoms with Crippen LogP contribution in [0.5, 0.6) is 0 Å². The first-order valence-electron chi connectivity index (χ1n) is 4.47. The van der Waals surface area contributed by atoms with Crippen molar-refractivity contribution in [3.05, 3.63) is 11.5 Å². The number of allylic oxidation sites excluding steroid dienone is 1. The Kier molecular flexibility index (Phi) is 16.5. The molecule has 0 aliphatic rings.